The normalized spacial score (nSPS) is 25.6. The fraction of sp³-hybridized carbons (Fsp3) is 0.562. The van der Waals surface area contributed by atoms with Crippen LogP contribution < -0.4 is 5.73 Å². The Balaban J connectivity index is 1.72. The lowest BCUT2D eigenvalue weighted by Gasteiger charge is -2.27. The summed E-state index contributed by atoms with van der Waals surface area (Å²) in [6.45, 7) is 3.47. The Bertz CT molecular complexity index is 482. The summed E-state index contributed by atoms with van der Waals surface area (Å²) < 4.78 is 5.63. The van der Waals surface area contributed by atoms with Crippen LogP contribution in [0.4, 0.5) is 5.69 Å². The third-order valence-electron chi connectivity index (χ3n) is 4.23. The molecule has 3 rings (SSSR count). The summed E-state index contributed by atoms with van der Waals surface area (Å²) >= 11 is 0. The van der Waals surface area contributed by atoms with E-state index in [1.54, 1.807) is 0 Å². The van der Waals surface area contributed by atoms with Gasteiger partial charge in [0.2, 0.25) is 0 Å². The van der Waals surface area contributed by atoms with Gasteiger partial charge in [-0.1, -0.05) is 19.1 Å². The number of carbonyl (C=O) groups is 1. The number of benzene rings is 1. The summed E-state index contributed by atoms with van der Waals surface area (Å²) in [7, 11) is 0. The predicted molar refractivity (Wildman–Crippen MR) is 77.9 cm³/mol. The fourth-order valence-corrected chi connectivity index (χ4v) is 2.77. The number of rotatable bonds is 4. The van der Waals surface area contributed by atoms with E-state index >= 15 is 0 Å². The Morgan fingerprint density at radius 3 is 2.55 bits per heavy atom. The van der Waals surface area contributed by atoms with E-state index in [-0.39, 0.29) is 12.0 Å². The maximum Gasteiger partial charge on any atom is 0.252 e. The summed E-state index contributed by atoms with van der Waals surface area (Å²) in [5.41, 5.74) is 7.59. The lowest BCUT2D eigenvalue weighted by atomic mass is 10.0. The first-order valence-corrected chi connectivity index (χ1v) is 7.41. The molecule has 2 aliphatic rings. The third kappa shape index (κ3) is 2.80. The molecule has 108 valence electrons. The van der Waals surface area contributed by atoms with Crippen molar-refractivity contribution in [2.24, 2.45) is 5.92 Å². The van der Waals surface area contributed by atoms with Crippen LogP contribution in [0.25, 0.3) is 0 Å². The molecule has 2 fully saturated rings. The number of ether oxygens (including phenoxy) is 1. The van der Waals surface area contributed by atoms with Crippen molar-refractivity contribution in [3.05, 3.63) is 29.8 Å². The molecule has 4 nitrogen and oxygen atoms in total. The molecule has 2 N–H and O–H groups in total. The molecule has 1 saturated carbocycles. The van der Waals surface area contributed by atoms with Crippen LogP contribution in [0.3, 0.4) is 0 Å². The first-order valence-electron chi connectivity index (χ1n) is 7.41. The molecule has 1 aromatic rings. The number of nitrogen functional groups attached to an aromatic ring is 1. The van der Waals surface area contributed by atoms with Crippen molar-refractivity contribution in [3.8, 4) is 0 Å². The van der Waals surface area contributed by atoms with E-state index in [2.05, 4.69) is 6.92 Å². The molecule has 1 aliphatic carbocycles. The lowest BCUT2D eigenvalue weighted by Crippen LogP contribution is -2.42. The molecule has 4 heteroatoms. The minimum absolute atomic E-state index is 0.161. The Kier molecular flexibility index (Phi) is 3.66. The zero-order valence-electron chi connectivity index (χ0n) is 11.9. The van der Waals surface area contributed by atoms with E-state index in [1.165, 1.54) is 0 Å². The van der Waals surface area contributed by atoms with Gasteiger partial charge in [-0.2, -0.15) is 0 Å². The Morgan fingerprint density at radius 2 is 2.00 bits per heavy atom. The minimum Gasteiger partial charge on any atom is -0.399 e. The first kappa shape index (κ1) is 13.4. The largest absolute Gasteiger partial charge is 0.399 e. The Morgan fingerprint density at radius 1 is 1.30 bits per heavy atom. The van der Waals surface area contributed by atoms with Crippen LogP contribution in [0.2, 0.25) is 0 Å². The number of carbonyl (C=O) groups excluding carboxylic acids is 1. The number of nitrogens with two attached hydrogens (primary N) is 1. The second-order valence-electron chi connectivity index (χ2n) is 6.00. The molecular formula is C16H22N2O2. The van der Waals surface area contributed by atoms with Crippen LogP contribution in [-0.2, 0) is 16.1 Å². The van der Waals surface area contributed by atoms with Gasteiger partial charge in [0.1, 0.15) is 6.10 Å². The zero-order valence-corrected chi connectivity index (χ0v) is 11.9. The highest BCUT2D eigenvalue weighted by molar-refractivity contribution is 5.82. The third-order valence-corrected chi connectivity index (χ3v) is 4.23. The number of amides is 1. The number of hydrogen-bond donors (Lipinski definition) is 1. The zero-order chi connectivity index (χ0) is 14.1. The van der Waals surface area contributed by atoms with E-state index in [4.69, 9.17) is 10.5 Å². The van der Waals surface area contributed by atoms with Gasteiger partial charge in [0.15, 0.2) is 0 Å². The van der Waals surface area contributed by atoms with E-state index < -0.39 is 0 Å². The highest BCUT2D eigenvalue weighted by atomic mass is 16.5. The average molecular weight is 274 g/mol. The second kappa shape index (κ2) is 5.44. The van der Waals surface area contributed by atoms with E-state index in [0.717, 1.165) is 30.5 Å². The van der Waals surface area contributed by atoms with Crippen LogP contribution in [-0.4, -0.2) is 29.6 Å². The lowest BCUT2D eigenvalue weighted by molar-refractivity contribution is -0.143. The molecule has 0 spiro atoms. The van der Waals surface area contributed by atoms with Gasteiger partial charge in [0, 0.05) is 24.9 Å². The van der Waals surface area contributed by atoms with Crippen LogP contribution in [0.5, 0.6) is 0 Å². The second-order valence-corrected chi connectivity index (χ2v) is 6.00. The molecule has 0 aromatic heterocycles. The van der Waals surface area contributed by atoms with E-state index in [0.29, 0.717) is 25.1 Å². The van der Waals surface area contributed by atoms with Gasteiger partial charge in [0.05, 0.1) is 0 Å². The number of anilines is 1. The van der Waals surface area contributed by atoms with Crippen molar-refractivity contribution in [2.45, 2.75) is 44.9 Å². The van der Waals surface area contributed by atoms with Crippen molar-refractivity contribution < 1.29 is 9.53 Å². The predicted octanol–water partition coefficient (Wildman–Crippen LogP) is 2.18. The molecule has 1 aromatic carbocycles. The van der Waals surface area contributed by atoms with Crippen molar-refractivity contribution in [1.82, 2.24) is 4.90 Å². The SMILES string of the molecule is CC1CCOC1C(=O)N(Cc1ccc(N)cc1)C1CC1. The van der Waals surface area contributed by atoms with E-state index in [1.807, 2.05) is 29.2 Å². The molecule has 1 heterocycles. The van der Waals surface area contributed by atoms with Crippen LogP contribution >= 0.6 is 0 Å². The number of nitrogens with zero attached hydrogens (tertiary/aromatic N) is 1. The van der Waals surface area contributed by atoms with E-state index in [9.17, 15) is 4.79 Å². The number of hydrogen-bond acceptors (Lipinski definition) is 3. The van der Waals surface area contributed by atoms with Crippen LogP contribution in [0.15, 0.2) is 24.3 Å². The van der Waals surface area contributed by atoms with Crippen molar-refractivity contribution in [2.75, 3.05) is 12.3 Å². The summed E-state index contributed by atoms with van der Waals surface area (Å²) in [6, 6.07) is 8.17. The molecule has 1 saturated heterocycles. The maximum atomic E-state index is 12.7. The van der Waals surface area contributed by atoms with Crippen LogP contribution in [0.1, 0.15) is 31.7 Å². The monoisotopic (exact) mass is 274 g/mol. The Labute approximate surface area is 119 Å². The molecule has 0 radical (unpaired) electrons. The molecule has 1 amide bonds. The van der Waals surface area contributed by atoms with Crippen LogP contribution in [0, 0.1) is 5.92 Å². The van der Waals surface area contributed by atoms with Gasteiger partial charge < -0.3 is 15.4 Å². The minimum atomic E-state index is -0.246. The highest BCUT2D eigenvalue weighted by Gasteiger charge is 2.39. The summed E-state index contributed by atoms with van der Waals surface area (Å²) in [5, 5.41) is 0. The topological polar surface area (TPSA) is 55.6 Å². The van der Waals surface area contributed by atoms with Gasteiger partial charge >= 0.3 is 0 Å². The fourth-order valence-electron chi connectivity index (χ4n) is 2.77. The van der Waals surface area contributed by atoms with Gasteiger partial charge in [-0.05, 0) is 42.9 Å². The summed E-state index contributed by atoms with van der Waals surface area (Å²) in [4.78, 5) is 14.7. The van der Waals surface area contributed by atoms with Crippen molar-refractivity contribution in [3.63, 3.8) is 0 Å². The van der Waals surface area contributed by atoms with Crippen molar-refractivity contribution in [1.29, 1.82) is 0 Å². The maximum absolute atomic E-state index is 12.7. The molecular weight excluding hydrogens is 252 g/mol. The molecule has 2 atom stereocenters. The molecule has 2 unspecified atom stereocenters. The van der Waals surface area contributed by atoms with Crippen molar-refractivity contribution >= 4 is 11.6 Å². The molecule has 0 bridgehead atoms. The molecule has 1 aliphatic heterocycles. The summed E-state index contributed by atoms with van der Waals surface area (Å²) in [5.74, 6) is 0.490. The van der Waals surface area contributed by atoms with Gasteiger partial charge in [-0.3, -0.25) is 4.79 Å². The highest BCUT2D eigenvalue weighted by Crippen LogP contribution is 2.32. The van der Waals surface area contributed by atoms with Gasteiger partial charge in [0.25, 0.3) is 5.91 Å². The summed E-state index contributed by atoms with van der Waals surface area (Å²) in [6.07, 6.45) is 2.96. The molecule has 20 heavy (non-hydrogen) atoms. The Hall–Kier alpha value is -1.55. The smallest absolute Gasteiger partial charge is 0.252 e. The average Bonchev–Trinajstić information content (AvgIpc) is 3.19. The standard InChI is InChI=1S/C16H22N2O2/c1-11-8-9-20-15(11)16(19)18(14-6-7-14)10-12-2-4-13(17)5-3-12/h2-5,11,14-15H,6-10,17H2,1H3. The first-order chi connectivity index (χ1) is 9.65. The quantitative estimate of drug-likeness (QED) is 0.856. The van der Waals surface area contributed by atoms with Gasteiger partial charge in [-0.25, -0.2) is 0 Å². The van der Waals surface area contributed by atoms with Gasteiger partial charge in [-0.15, -0.1) is 0 Å².